The van der Waals surface area contributed by atoms with Crippen LogP contribution in [0.3, 0.4) is 0 Å². The van der Waals surface area contributed by atoms with E-state index in [9.17, 15) is 4.39 Å². The first-order chi connectivity index (χ1) is 9.52. The molecular formula is C13H14ClFN4O. The highest BCUT2D eigenvalue weighted by Crippen LogP contribution is 2.35. The molecule has 0 aliphatic heterocycles. The molecule has 0 fully saturated rings. The maximum absolute atomic E-state index is 13.3. The molecule has 0 radical (unpaired) electrons. The van der Waals surface area contributed by atoms with Crippen LogP contribution < -0.4 is 16.0 Å². The van der Waals surface area contributed by atoms with Crippen LogP contribution in [-0.2, 0) is 0 Å². The third kappa shape index (κ3) is 2.97. The Morgan fingerprint density at radius 1 is 1.35 bits per heavy atom. The lowest BCUT2D eigenvalue weighted by molar-refractivity contribution is 0.448. The first kappa shape index (κ1) is 14.5. The van der Waals surface area contributed by atoms with Gasteiger partial charge in [-0.1, -0.05) is 25.4 Å². The molecule has 0 saturated heterocycles. The zero-order chi connectivity index (χ0) is 14.7. The van der Waals surface area contributed by atoms with Gasteiger partial charge in [-0.15, -0.1) is 0 Å². The van der Waals surface area contributed by atoms with Crippen molar-refractivity contribution < 1.29 is 9.13 Å². The van der Waals surface area contributed by atoms with Crippen molar-refractivity contribution in [3.63, 3.8) is 0 Å². The molecule has 0 aliphatic carbocycles. The number of hydrazine groups is 1. The van der Waals surface area contributed by atoms with E-state index in [1.807, 2.05) is 13.8 Å². The topological polar surface area (TPSA) is 73.1 Å². The minimum Gasteiger partial charge on any atom is -0.437 e. The third-order valence-corrected chi connectivity index (χ3v) is 2.97. The second-order valence-corrected chi connectivity index (χ2v) is 4.82. The van der Waals surface area contributed by atoms with Gasteiger partial charge in [0.1, 0.15) is 12.1 Å². The average Bonchev–Trinajstić information content (AvgIpc) is 2.42. The van der Waals surface area contributed by atoms with Gasteiger partial charge in [0.15, 0.2) is 11.6 Å². The standard InChI is InChI=1S/C13H14ClFN4O/c1-7(2)11-12(19-16)17-6-18-13(11)20-10-5-8(15)3-4-9(10)14/h3-7H,16H2,1-2H3,(H,17,18,19). The minimum atomic E-state index is -0.443. The highest BCUT2D eigenvalue weighted by atomic mass is 35.5. The van der Waals surface area contributed by atoms with Gasteiger partial charge in [0.05, 0.1) is 10.6 Å². The van der Waals surface area contributed by atoms with E-state index < -0.39 is 5.82 Å². The highest BCUT2D eigenvalue weighted by molar-refractivity contribution is 6.32. The fourth-order valence-electron chi connectivity index (χ4n) is 1.76. The molecule has 5 nitrogen and oxygen atoms in total. The van der Waals surface area contributed by atoms with Gasteiger partial charge in [0.2, 0.25) is 5.88 Å². The van der Waals surface area contributed by atoms with Crippen LogP contribution >= 0.6 is 11.6 Å². The number of nitrogens with two attached hydrogens (primary N) is 1. The molecule has 2 aromatic rings. The molecule has 2 rings (SSSR count). The number of aromatic nitrogens is 2. The van der Waals surface area contributed by atoms with E-state index in [0.717, 1.165) is 0 Å². The molecule has 0 spiro atoms. The van der Waals surface area contributed by atoms with Crippen LogP contribution in [-0.4, -0.2) is 9.97 Å². The summed E-state index contributed by atoms with van der Waals surface area (Å²) in [6, 6.07) is 3.88. The SMILES string of the molecule is CC(C)c1c(NN)ncnc1Oc1cc(F)ccc1Cl. The maximum atomic E-state index is 13.3. The molecule has 0 atom stereocenters. The van der Waals surface area contributed by atoms with Crippen LogP contribution in [0.4, 0.5) is 10.2 Å². The fourth-order valence-corrected chi connectivity index (χ4v) is 1.91. The lowest BCUT2D eigenvalue weighted by atomic mass is 10.1. The van der Waals surface area contributed by atoms with E-state index in [-0.39, 0.29) is 17.5 Å². The Morgan fingerprint density at radius 3 is 2.75 bits per heavy atom. The van der Waals surface area contributed by atoms with Crippen LogP contribution in [0.15, 0.2) is 24.5 Å². The number of rotatable bonds is 4. The number of nitrogens with zero attached hydrogens (tertiary/aromatic N) is 2. The predicted molar refractivity (Wildman–Crippen MR) is 75.4 cm³/mol. The Hall–Kier alpha value is -1.92. The molecule has 1 aromatic carbocycles. The van der Waals surface area contributed by atoms with Crippen LogP contribution in [0, 0.1) is 5.82 Å². The zero-order valence-electron chi connectivity index (χ0n) is 11.0. The summed E-state index contributed by atoms with van der Waals surface area (Å²) in [6.45, 7) is 3.89. The summed E-state index contributed by atoms with van der Waals surface area (Å²) in [7, 11) is 0. The van der Waals surface area contributed by atoms with Gasteiger partial charge < -0.3 is 10.2 Å². The Bertz CT molecular complexity index is 621. The van der Waals surface area contributed by atoms with E-state index in [1.54, 1.807) is 0 Å². The first-order valence-corrected chi connectivity index (χ1v) is 6.35. The van der Waals surface area contributed by atoms with Crippen molar-refractivity contribution in [1.29, 1.82) is 0 Å². The monoisotopic (exact) mass is 296 g/mol. The summed E-state index contributed by atoms with van der Waals surface area (Å²) >= 11 is 5.98. The molecular weight excluding hydrogens is 283 g/mol. The van der Waals surface area contributed by atoms with Crippen molar-refractivity contribution >= 4 is 17.4 Å². The smallest absolute Gasteiger partial charge is 0.228 e. The Kier molecular flexibility index (Phi) is 4.36. The molecule has 0 unspecified atom stereocenters. The van der Waals surface area contributed by atoms with Crippen LogP contribution in [0.25, 0.3) is 0 Å². The molecule has 0 bridgehead atoms. The average molecular weight is 297 g/mol. The predicted octanol–water partition coefficient (Wildman–Crippen LogP) is 3.47. The van der Waals surface area contributed by atoms with E-state index in [0.29, 0.717) is 16.4 Å². The van der Waals surface area contributed by atoms with Crippen molar-refractivity contribution in [2.24, 2.45) is 5.84 Å². The molecule has 0 aliphatic rings. The van der Waals surface area contributed by atoms with Crippen molar-refractivity contribution in [2.45, 2.75) is 19.8 Å². The van der Waals surface area contributed by atoms with E-state index in [1.165, 1.54) is 24.5 Å². The number of nitrogen functional groups attached to an aromatic ring is 1. The second-order valence-electron chi connectivity index (χ2n) is 4.42. The quantitative estimate of drug-likeness (QED) is 0.667. The van der Waals surface area contributed by atoms with Gasteiger partial charge in [0.25, 0.3) is 0 Å². The first-order valence-electron chi connectivity index (χ1n) is 5.97. The molecule has 0 saturated carbocycles. The summed E-state index contributed by atoms with van der Waals surface area (Å²) < 4.78 is 18.9. The van der Waals surface area contributed by atoms with Crippen LogP contribution in [0.1, 0.15) is 25.3 Å². The number of ether oxygens (including phenoxy) is 1. The molecule has 1 aromatic heterocycles. The Balaban J connectivity index is 2.45. The molecule has 1 heterocycles. The molecule has 106 valence electrons. The maximum Gasteiger partial charge on any atom is 0.228 e. The number of hydrogen-bond acceptors (Lipinski definition) is 5. The largest absolute Gasteiger partial charge is 0.437 e. The second kappa shape index (κ2) is 6.02. The number of nitrogens with one attached hydrogen (secondary N) is 1. The third-order valence-electron chi connectivity index (χ3n) is 2.66. The van der Waals surface area contributed by atoms with Gasteiger partial charge in [-0.05, 0) is 18.1 Å². The Morgan fingerprint density at radius 2 is 2.10 bits per heavy atom. The number of hydrogen-bond donors (Lipinski definition) is 2. The lowest BCUT2D eigenvalue weighted by Crippen LogP contribution is -2.13. The number of halogens is 2. The van der Waals surface area contributed by atoms with Crippen molar-refractivity contribution in [3.05, 3.63) is 40.9 Å². The number of benzene rings is 1. The Labute approximate surface area is 120 Å². The van der Waals surface area contributed by atoms with Crippen molar-refractivity contribution in [2.75, 3.05) is 5.43 Å². The zero-order valence-corrected chi connectivity index (χ0v) is 11.8. The molecule has 3 N–H and O–H groups in total. The van der Waals surface area contributed by atoms with Crippen molar-refractivity contribution in [1.82, 2.24) is 9.97 Å². The summed E-state index contributed by atoms with van der Waals surface area (Å²) in [5.41, 5.74) is 3.18. The minimum absolute atomic E-state index is 0.0598. The summed E-state index contributed by atoms with van der Waals surface area (Å²) in [5.74, 6) is 5.97. The summed E-state index contributed by atoms with van der Waals surface area (Å²) in [5, 5.41) is 0.293. The van der Waals surface area contributed by atoms with Gasteiger partial charge in [0, 0.05) is 6.07 Å². The van der Waals surface area contributed by atoms with Gasteiger partial charge in [-0.25, -0.2) is 20.2 Å². The van der Waals surface area contributed by atoms with Gasteiger partial charge >= 0.3 is 0 Å². The summed E-state index contributed by atoms with van der Waals surface area (Å²) in [6.07, 6.45) is 1.31. The van der Waals surface area contributed by atoms with Gasteiger partial charge in [-0.3, -0.25) is 0 Å². The van der Waals surface area contributed by atoms with E-state index in [2.05, 4.69) is 15.4 Å². The lowest BCUT2D eigenvalue weighted by Gasteiger charge is -2.15. The normalized spacial score (nSPS) is 10.7. The molecule has 20 heavy (non-hydrogen) atoms. The number of anilines is 1. The van der Waals surface area contributed by atoms with Crippen molar-refractivity contribution in [3.8, 4) is 11.6 Å². The molecule has 0 amide bonds. The molecule has 7 heteroatoms. The van der Waals surface area contributed by atoms with E-state index >= 15 is 0 Å². The van der Waals surface area contributed by atoms with Crippen LogP contribution in [0.5, 0.6) is 11.6 Å². The fraction of sp³-hybridized carbons (Fsp3) is 0.231. The van der Waals surface area contributed by atoms with Gasteiger partial charge in [-0.2, -0.15) is 0 Å². The highest BCUT2D eigenvalue weighted by Gasteiger charge is 2.17. The summed E-state index contributed by atoms with van der Waals surface area (Å²) in [4.78, 5) is 8.09. The van der Waals surface area contributed by atoms with E-state index in [4.69, 9.17) is 22.2 Å². The van der Waals surface area contributed by atoms with Crippen LogP contribution in [0.2, 0.25) is 5.02 Å².